The van der Waals surface area contributed by atoms with Crippen molar-refractivity contribution in [2.75, 3.05) is 12.4 Å². The zero-order chi connectivity index (χ0) is 13.0. The molecule has 3 nitrogen and oxygen atoms in total. The van der Waals surface area contributed by atoms with Crippen LogP contribution < -0.4 is 10.1 Å². The Balaban J connectivity index is 2.11. The predicted molar refractivity (Wildman–Crippen MR) is 75.5 cm³/mol. The normalized spacial score (nSPS) is 17.4. The molecular weight excluding hydrogens is 294 g/mol. The summed E-state index contributed by atoms with van der Waals surface area (Å²) in [6.45, 7) is 0. The number of alkyl halides is 1. The molecule has 1 amide bonds. The molecule has 0 saturated heterocycles. The quantitative estimate of drug-likeness (QED) is 0.868. The number of hydrogen-bond acceptors (Lipinski definition) is 2. The number of methoxy groups -OCH3 is 1. The van der Waals surface area contributed by atoms with Crippen molar-refractivity contribution in [2.45, 2.75) is 31.2 Å². The summed E-state index contributed by atoms with van der Waals surface area (Å²) >= 11 is 3.52. The van der Waals surface area contributed by atoms with Crippen LogP contribution in [0, 0.1) is 0 Å². The summed E-state index contributed by atoms with van der Waals surface area (Å²) in [5.41, 5.74) is 0.585. The van der Waals surface area contributed by atoms with E-state index in [-0.39, 0.29) is 11.4 Å². The fraction of sp³-hybridized carbons (Fsp3) is 0.500. The molecule has 0 spiro atoms. The van der Waals surface area contributed by atoms with Gasteiger partial charge in [0, 0.05) is 10.9 Å². The van der Waals surface area contributed by atoms with Crippen LogP contribution in [0.2, 0.25) is 0 Å². The number of halogens is 1. The molecule has 0 radical (unpaired) electrons. The monoisotopic (exact) mass is 311 g/mol. The molecule has 1 aliphatic carbocycles. The topological polar surface area (TPSA) is 38.3 Å². The second-order valence-corrected chi connectivity index (χ2v) is 5.37. The van der Waals surface area contributed by atoms with E-state index in [1.807, 2.05) is 18.2 Å². The van der Waals surface area contributed by atoms with Crippen LogP contribution in [0.1, 0.15) is 36.0 Å². The first kappa shape index (κ1) is 13.4. The van der Waals surface area contributed by atoms with Gasteiger partial charge in [0.25, 0.3) is 5.91 Å². The average Bonchev–Trinajstić information content (AvgIpc) is 2.88. The molecular formula is C14H18BrNO2. The second-order valence-electron chi connectivity index (χ2n) is 4.81. The van der Waals surface area contributed by atoms with E-state index in [4.69, 9.17) is 4.74 Å². The first-order chi connectivity index (χ1) is 8.69. The lowest BCUT2D eigenvalue weighted by Gasteiger charge is -2.28. The van der Waals surface area contributed by atoms with Gasteiger partial charge in [0.05, 0.1) is 12.6 Å². The van der Waals surface area contributed by atoms with Crippen molar-refractivity contribution in [1.82, 2.24) is 5.32 Å². The highest BCUT2D eigenvalue weighted by molar-refractivity contribution is 9.09. The number of nitrogens with one attached hydrogen (secondary N) is 1. The van der Waals surface area contributed by atoms with Crippen molar-refractivity contribution in [3.8, 4) is 5.75 Å². The van der Waals surface area contributed by atoms with Crippen LogP contribution in [0.4, 0.5) is 0 Å². The molecule has 4 heteroatoms. The Bertz CT molecular complexity index is 428. The highest BCUT2D eigenvalue weighted by Crippen LogP contribution is 2.31. The van der Waals surface area contributed by atoms with Crippen molar-refractivity contribution < 1.29 is 9.53 Å². The number of rotatable bonds is 4. The Hall–Kier alpha value is -1.03. The molecule has 1 N–H and O–H groups in total. The molecule has 0 bridgehead atoms. The van der Waals surface area contributed by atoms with Gasteiger partial charge < -0.3 is 10.1 Å². The minimum Gasteiger partial charge on any atom is -0.497 e. The van der Waals surface area contributed by atoms with Gasteiger partial charge >= 0.3 is 0 Å². The second kappa shape index (κ2) is 5.74. The molecule has 2 rings (SSSR count). The zero-order valence-corrected chi connectivity index (χ0v) is 12.1. The summed E-state index contributed by atoms with van der Waals surface area (Å²) in [4.78, 5) is 12.2. The van der Waals surface area contributed by atoms with Gasteiger partial charge in [-0.3, -0.25) is 4.79 Å². The van der Waals surface area contributed by atoms with E-state index in [9.17, 15) is 4.79 Å². The molecule has 1 aromatic carbocycles. The summed E-state index contributed by atoms with van der Waals surface area (Å²) in [7, 11) is 1.61. The van der Waals surface area contributed by atoms with E-state index in [1.165, 1.54) is 12.8 Å². The largest absolute Gasteiger partial charge is 0.497 e. The first-order valence-electron chi connectivity index (χ1n) is 6.22. The SMILES string of the molecule is COc1cccc(C(=O)NC2(CBr)CCCC2)c1. The standard InChI is InChI=1S/C14H18BrNO2/c1-18-12-6-4-5-11(9-12)13(17)16-14(10-15)7-2-3-8-14/h4-6,9H,2-3,7-8,10H2,1H3,(H,16,17). The lowest BCUT2D eigenvalue weighted by atomic mass is 10.00. The maximum absolute atomic E-state index is 12.2. The van der Waals surface area contributed by atoms with Gasteiger partial charge in [0.15, 0.2) is 0 Å². The van der Waals surface area contributed by atoms with E-state index in [0.29, 0.717) is 11.3 Å². The van der Waals surface area contributed by atoms with Crippen LogP contribution in [0.5, 0.6) is 5.75 Å². The third-order valence-electron chi connectivity index (χ3n) is 3.53. The maximum atomic E-state index is 12.2. The van der Waals surface area contributed by atoms with Crippen LogP contribution in [-0.2, 0) is 0 Å². The van der Waals surface area contributed by atoms with E-state index in [0.717, 1.165) is 18.2 Å². The number of carbonyl (C=O) groups excluding carboxylic acids is 1. The predicted octanol–water partition coefficient (Wildman–Crippen LogP) is 3.13. The van der Waals surface area contributed by atoms with Gasteiger partial charge in [-0.05, 0) is 31.0 Å². The van der Waals surface area contributed by atoms with Crippen LogP contribution in [0.15, 0.2) is 24.3 Å². The average molecular weight is 312 g/mol. The molecule has 0 heterocycles. The van der Waals surface area contributed by atoms with Crippen molar-refractivity contribution in [2.24, 2.45) is 0 Å². The van der Waals surface area contributed by atoms with Gasteiger partial charge in [-0.15, -0.1) is 0 Å². The van der Waals surface area contributed by atoms with E-state index >= 15 is 0 Å². The fourth-order valence-corrected chi connectivity index (χ4v) is 3.12. The van der Waals surface area contributed by atoms with Crippen molar-refractivity contribution in [3.63, 3.8) is 0 Å². The number of hydrogen-bond donors (Lipinski definition) is 1. The van der Waals surface area contributed by atoms with Gasteiger partial charge in [-0.25, -0.2) is 0 Å². The first-order valence-corrected chi connectivity index (χ1v) is 7.34. The van der Waals surface area contributed by atoms with Crippen LogP contribution >= 0.6 is 15.9 Å². The van der Waals surface area contributed by atoms with Crippen LogP contribution in [-0.4, -0.2) is 23.9 Å². The van der Waals surface area contributed by atoms with Gasteiger partial charge in [0.2, 0.25) is 0 Å². The Morgan fingerprint density at radius 2 is 2.17 bits per heavy atom. The fourth-order valence-electron chi connectivity index (χ4n) is 2.42. The highest BCUT2D eigenvalue weighted by atomic mass is 79.9. The van der Waals surface area contributed by atoms with Crippen molar-refractivity contribution in [3.05, 3.63) is 29.8 Å². The minimum atomic E-state index is -0.0693. The van der Waals surface area contributed by atoms with Crippen molar-refractivity contribution in [1.29, 1.82) is 0 Å². The summed E-state index contributed by atoms with van der Waals surface area (Å²) in [5.74, 6) is 0.692. The number of ether oxygens (including phenoxy) is 1. The van der Waals surface area contributed by atoms with E-state index in [2.05, 4.69) is 21.2 Å². The Morgan fingerprint density at radius 1 is 1.44 bits per heavy atom. The van der Waals surface area contributed by atoms with Gasteiger partial charge in [-0.1, -0.05) is 34.8 Å². The Morgan fingerprint density at radius 3 is 2.78 bits per heavy atom. The minimum absolute atomic E-state index is 0.0183. The maximum Gasteiger partial charge on any atom is 0.251 e. The lowest BCUT2D eigenvalue weighted by Crippen LogP contribution is -2.47. The molecule has 98 valence electrons. The van der Waals surface area contributed by atoms with E-state index in [1.54, 1.807) is 13.2 Å². The molecule has 1 aliphatic rings. The molecule has 0 aromatic heterocycles. The number of benzene rings is 1. The number of amides is 1. The molecule has 0 unspecified atom stereocenters. The molecule has 0 atom stereocenters. The Labute approximate surface area is 116 Å². The smallest absolute Gasteiger partial charge is 0.251 e. The molecule has 0 aliphatic heterocycles. The summed E-state index contributed by atoms with van der Waals surface area (Å²) < 4.78 is 5.14. The van der Waals surface area contributed by atoms with Crippen LogP contribution in [0.3, 0.4) is 0 Å². The Kier molecular flexibility index (Phi) is 4.27. The van der Waals surface area contributed by atoms with E-state index < -0.39 is 0 Å². The zero-order valence-electron chi connectivity index (χ0n) is 10.5. The summed E-state index contributed by atoms with van der Waals surface area (Å²) in [6, 6.07) is 7.26. The summed E-state index contributed by atoms with van der Waals surface area (Å²) in [6.07, 6.45) is 4.47. The van der Waals surface area contributed by atoms with Gasteiger partial charge in [0.1, 0.15) is 5.75 Å². The third kappa shape index (κ3) is 2.86. The molecule has 1 aromatic rings. The lowest BCUT2D eigenvalue weighted by molar-refractivity contribution is 0.0910. The van der Waals surface area contributed by atoms with Gasteiger partial charge in [-0.2, -0.15) is 0 Å². The molecule has 1 saturated carbocycles. The highest BCUT2D eigenvalue weighted by Gasteiger charge is 2.34. The molecule has 18 heavy (non-hydrogen) atoms. The number of carbonyl (C=O) groups is 1. The van der Waals surface area contributed by atoms with Crippen molar-refractivity contribution >= 4 is 21.8 Å². The third-order valence-corrected chi connectivity index (χ3v) is 4.60. The van der Waals surface area contributed by atoms with Crippen LogP contribution in [0.25, 0.3) is 0 Å². The summed E-state index contributed by atoms with van der Waals surface area (Å²) in [5, 5.41) is 3.98. The molecule has 1 fully saturated rings.